The van der Waals surface area contributed by atoms with Crippen molar-refractivity contribution in [3.63, 3.8) is 0 Å². The normalized spacial score (nSPS) is 18.8. The number of benzene rings is 1. The van der Waals surface area contributed by atoms with Crippen molar-refractivity contribution in [3.05, 3.63) is 56.4 Å². The molecule has 1 amide bonds. The summed E-state index contributed by atoms with van der Waals surface area (Å²) >= 11 is 5.88. The number of carbonyl (C=O) groups is 1. The van der Waals surface area contributed by atoms with Crippen LogP contribution in [0.15, 0.2) is 24.3 Å². The molecule has 132 valence electrons. The quantitative estimate of drug-likeness (QED) is 0.631. The van der Waals surface area contributed by atoms with Gasteiger partial charge in [-0.1, -0.05) is 23.7 Å². The van der Waals surface area contributed by atoms with Crippen LogP contribution in [0, 0.1) is 29.9 Å². The largest absolute Gasteiger partial charge is 0.354 e. The molecule has 2 atom stereocenters. The van der Waals surface area contributed by atoms with Gasteiger partial charge in [0, 0.05) is 17.5 Å². The lowest BCUT2D eigenvalue weighted by molar-refractivity contribution is -0.386. The highest BCUT2D eigenvalue weighted by atomic mass is 35.5. The minimum atomic E-state index is -0.423. The van der Waals surface area contributed by atoms with E-state index in [0.717, 1.165) is 12.0 Å². The Morgan fingerprint density at radius 1 is 1.40 bits per heavy atom. The van der Waals surface area contributed by atoms with E-state index in [1.165, 1.54) is 0 Å². The van der Waals surface area contributed by atoms with E-state index in [0.29, 0.717) is 29.5 Å². The van der Waals surface area contributed by atoms with Crippen LogP contribution in [0.5, 0.6) is 0 Å². The summed E-state index contributed by atoms with van der Waals surface area (Å²) < 4.78 is 1.57. The summed E-state index contributed by atoms with van der Waals surface area (Å²) in [6.45, 7) is 4.07. The summed E-state index contributed by atoms with van der Waals surface area (Å²) in [5, 5.41) is 18.8. The van der Waals surface area contributed by atoms with E-state index >= 15 is 0 Å². The molecule has 1 fully saturated rings. The second-order valence-electron chi connectivity index (χ2n) is 6.29. The number of nitro groups is 1. The number of nitrogens with one attached hydrogen (secondary N) is 1. The molecule has 2 aromatic rings. The Hall–Kier alpha value is -2.41. The zero-order chi connectivity index (χ0) is 18.1. The maximum Gasteiger partial charge on any atom is 0.312 e. The van der Waals surface area contributed by atoms with E-state index in [4.69, 9.17) is 11.6 Å². The van der Waals surface area contributed by atoms with Crippen LogP contribution in [0.25, 0.3) is 0 Å². The molecule has 8 heteroatoms. The van der Waals surface area contributed by atoms with Crippen molar-refractivity contribution in [2.24, 2.45) is 5.92 Å². The van der Waals surface area contributed by atoms with Crippen molar-refractivity contribution in [3.8, 4) is 0 Å². The fourth-order valence-corrected chi connectivity index (χ4v) is 3.27. The number of rotatable bonds is 6. The van der Waals surface area contributed by atoms with Gasteiger partial charge in [-0.3, -0.25) is 19.6 Å². The van der Waals surface area contributed by atoms with E-state index in [1.54, 1.807) is 18.5 Å². The zero-order valence-electron chi connectivity index (χ0n) is 14.0. The van der Waals surface area contributed by atoms with E-state index in [2.05, 4.69) is 10.4 Å². The molecule has 0 saturated heterocycles. The van der Waals surface area contributed by atoms with Crippen LogP contribution in [0.3, 0.4) is 0 Å². The molecule has 1 aromatic heterocycles. The smallest absolute Gasteiger partial charge is 0.312 e. The summed E-state index contributed by atoms with van der Waals surface area (Å²) in [6.07, 6.45) is 0.832. The summed E-state index contributed by atoms with van der Waals surface area (Å²) in [5.74, 6) is 0.235. The number of aryl methyl sites for hydroxylation is 1. The zero-order valence-corrected chi connectivity index (χ0v) is 14.8. The molecule has 0 spiro atoms. The lowest BCUT2D eigenvalue weighted by Crippen LogP contribution is -2.29. The molecule has 0 radical (unpaired) electrons. The van der Waals surface area contributed by atoms with E-state index in [-0.39, 0.29) is 23.4 Å². The first-order valence-electron chi connectivity index (χ1n) is 8.10. The molecule has 1 N–H and O–H groups in total. The van der Waals surface area contributed by atoms with Crippen molar-refractivity contribution < 1.29 is 9.72 Å². The molecule has 7 nitrogen and oxygen atoms in total. The predicted molar refractivity (Wildman–Crippen MR) is 93.7 cm³/mol. The number of halogens is 1. The highest BCUT2D eigenvalue weighted by Gasteiger charge is 2.43. The third-order valence-corrected chi connectivity index (χ3v) is 4.83. The van der Waals surface area contributed by atoms with Crippen molar-refractivity contribution in [2.75, 3.05) is 6.54 Å². The molecule has 1 aromatic carbocycles. The van der Waals surface area contributed by atoms with Gasteiger partial charge in [-0.2, -0.15) is 5.10 Å². The molecule has 1 aliphatic carbocycles. The molecule has 2 unspecified atom stereocenters. The first kappa shape index (κ1) is 17.4. The Kier molecular flexibility index (Phi) is 4.76. The van der Waals surface area contributed by atoms with Crippen LogP contribution in [-0.2, 0) is 11.3 Å². The summed E-state index contributed by atoms with van der Waals surface area (Å²) in [6, 6.07) is 7.57. The number of carbonyl (C=O) groups excluding carboxylic acids is 1. The Morgan fingerprint density at radius 2 is 2.08 bits per heavy atom. The van der Waals surface area contributed by atoms with Crippen LogP contribution in [0.4, 0.5) is 5.69 Å². The van der Waals surface area contributed by atoms with Gasteiger partial charge in [0.15, 0.2) is 0 Å². The van der Waals surface area contributed by atoms with Gasteiger partial charge in [0.05, 0.1) is 11.5 Å². The van der Waals surface area contributed by atoms with Gasteiger partial charge in [0.25, 0.3) is 0 Å². The molecule has 0 aliphatic heterocycles. The molecular weight excluding hydrogens is 344 g/mol. The Balaban J connectivity index is 1.52. The fourth-order valence-electron chi connectivity index (χ4n) is 3.15. The first-order valence-corrected chi connectivity index (χ1v) is 8.48. The summed E-state index contributed by atoms with van der Waals surface area (Å²) in [4.78, 5) is 22.8. The van der Waals surface area contributed by atoms with Crippen molar-refractivity contribution in [1.29, 1.82) is 0 Å². The van der Waals surface area contributed by atoms with Gasteiger partial charge in [-0.05, 0) is 43.9 Å². The van der Waals surface area contributed by atoms with Gasteiger partial charge < -0.3 is 5.32 Å². The number of hydrogen-bond acceptors (Lipinski definition) is 4. The lowest BCUT2D eigenvalue weighted by Gasteiger charge is -2.06. The van der Waals surface area contributed by atoms with Crippen LogP contribution < -0.4 is 5.32 Å². The van der Waals surface area contributed by atoms with Gasteiger partial charge in [0.1, 0.15) is 11.4 Å². The van der Waals surface area contributed by atoms with Crippen LogP contribution in [-0.4, -0.2) is 27.2 Å². The maximum atomic E-state index is 12.2. The molecule has 1 saturated carbocycles. The fraction of sp³-hybridized carbons (Fsp3) is 0.412. The van der Waals surface area contributed by atoms with Crippen molar-refractivity contribution >= 4 is 23.2 Å². The standard InChI is InChI=1S/C17H19ClN4O3/c1-10-16(22(24)25)11(2)21(20-10)8-7-19-17(23)15-9-14(15)12-3-5-13(18)6-4-12/h3-6,14-15H,7-9H2,1-2H3,(H,19,23). The number of hydrogen-bond donors (Lipinski definition) is 1. The van der Waals surface area contributed by atoms with E-state index in [9.17, 15) is 14.9 Å². The Labute approximate surface area is 150 Å². The molecule has 3 rings (SSSR count). The molecule has 1 heterocycles. The first-order chi connectivity index (χ1) is 11.9. The van der Waals surface area contributed by atoms with Gasteiger partial charge in [-0.15, -0.1) is 0 Å². The molecule has 0 bridgehead atoms. The van der Waals surface area contributed by atoms with Crippen LogP contribution in [0.2, 0.25) is 5.02 Å². The Morgan fingerprint density at radius 3 is 2.68 bits per heavy atom. The van der Waals surface area contributed by atoms with Crippen molar-refractivity contribution in [2.45, 2.75) is 32.7 Å². The SMILES string of the molecule is Cc1nn(CCNC(=O)C2CC2c2ccc(Cl)cc2)c(C)c1[N+](=O)[O-]. The summed E-state index contributed by atoms with van der Waals surface area (Å²) in [7, 11) is 0. The number of nitrogens with zero attached hydrogens (tertiary/aromatic N) is 3. The van der Waals surface area contributed by atoms with Crippen LogP contribution >= 0.6 is 11.6 Å². The summed E-state index contributed by atoms with van der Waals surface area (Å²) in [5.41, 5.74) is 2.05. The minimum absolute atomic E-state index is 0.0102. The van der Waals surface area contributed by atoms with E-state index in [1.807, 2.05) is 24.3 Å². The molecule has 1 aliphatic rings. The lowest BCUT2D eigenvalue weighted by atomic mass is 10.1. The predicted octanol–water partition coefficient (Wildman–Crippen LogP) is 2.98. The van der Waals surface area contributed by atoms with Gasteiger partial charge in [0.2, 0.25) is 5.91 Å². The van der Waals surface area contributed by atoms with Gasteiger partial charge >= 0.3 is 5.69 Å². The highest BCUT2D eigenvalue weighted by Crippen LogP contribution is 2.47. The van der Waals surface area contributed by atoms with Crippen molar-refractivity contribution in [1.82, 2.24) is 15.1 Å². The topological polar surface area (TPSA) is 90.1 Å². The third-order valence-electron chi connectivity index (χ3n) is 4.57. The highest BCUT2D eigenvalue weighted by molar-refractivity contribution is 6.30. The van der Waals surface area contributed by atoms with E-state index < -0.39 is 4.92 Å². The Bertz CT molecular complexity index is 816. The van der Waals surface area contributed by atoms with Gasteiger partial charge in [-0.25, -0.2) is 0 Å². The second-order valence-corrected chi connectivity index (χ2v) is 6.73. The average molecular weight is 363 g/mol. The number of amides is 1. The molecular formula is C17H19ClN4O3. The monoisotopic (exact) mass is 362 g/mol. The minimum Gasteiger partial charge on any atom is -0.354 e. The third kappa shape index (κ3) is 3.66. The number of aromatic nitrogens is 2. The average Bonchev–Trinajstić information content (AvgIpc) is 3.29. The molecule has 25 heavy (non-hydrogen) atoms. The second kappa shape index (κ2) is 6.84. The maximum absolute atomic E-state index is 12.2. The van der Waals surface area contributed by atoms with Crippen LogP contribution in [0.1, 0.15) is 29.3 Å².